The van der Waals surface area contributed by atoms with Crippen molar-refractivity contribution in [3.05, 3.63) is 23.2 Å². The Labute approximate surface area is 123 Å². The minimum atomic E-state index is -0.107. The second kappa shape index (κ2) is 7.47. The van der Waals surface area contributed by atoms with E-state index in [-0.39, 0.29) is 18.6 Å². The maximum atomic E-state index is 11.8. The first-order valence-corrected chi connectivity index (χ1v) is 7.02. The van der Waals surface area contributed by atoms with Gasteiger partial charge in [0.1, 0.15) is 5.75 Å². The number of nitrogens with one attached hydrogen (secondary N) is 2. The van der Waals surface area contributed by atoms with E-state index in [1.165, 1.54) is 0 Å². The molecule has 6 heteroatoms. The van der Waals surface area contributed by atoms with Crippen LogP contribution in [0.3, 0.4) is 0 Å². The van der Waals surface area contributed by atoms with Gasteiger partial charge >= 0.3 is 0 Å². The molecule has 1 aromatic rings. The summed E-state index contributed by atoms with van der Waals surface area (Å²) in [5.41, 5.74) is 0.653. The van der Waals surface area contributed by atoms with Crippen LogP contribution in [0.1, 0.15) is 12.8 Å². The maximum absolute atomic E-state index is 11.8. The topological polar surface area (TPSA) is 59.6 Å². The van der Waals surface area contributed by atoms with Crippen molar-refractivity contribution in [3.63, 3.8) is 0 Å². The number of halogens is 1. The van der Waals surface area contributed by atoms with E-state index >= 15 is 0 Å². The second-order valence-electron chi connectivity index (χ2n) is 4.66. The molecule has 1 aliphatic rings. The summed E-state index contributed by atoms with van der Waals surface area (Å²) in [5, 5.41) is 6.34. The van der Waals surface area contributed by atoms with E-state index in [0.717, 1.165) is 19.4 Å². The second-order valence-corrected chi connectivity index (χ2v) is 5.07. The molecule has 0 saturated carbocycles. The van der Waals surface area contributed by atoms with Crippen LogP contribution in [0.15, 0.2) is 18.2 Å². The summed E-state index contributed by atoms with van der Waals surface area (Å²) in [5.74, 6) is 0.477. The van der Waals surface area contributed by atoms with Crippen molar-refractivity contribution >= 4 is 23.2 Å². The number of ether oxygens (including phenoxy) is 2. The molecule has 1 aromatic carbocycles. The Balaban J connectivity index is 1.74. The van der Waals surface area contributed by atoms with Crippen LogP contribution in [-0.4, -0.2) is 38.8 Å². The van der Waals surface area contributed by atoms with E-state index in [2.05, 4.69) is 10.6 Å². The lowest BCUT2D eigenvalue weighted by Crippen LogP contribution is -2.33. The van der Waals surface area contributed by atoms with Gasteiger partial charge in [0.25, 0.3) is 0 Å². The van der Waals surface area contributed by atoms with E-state index in [4.69, 9.17) is 21.1 Å². The number of rotatable bonds is 6. The monoisotopic (exact) mass is 298 g/mol. The SMILES string of the molecule is COc1ccc(NC(=O)CNCC2CCCO2)cc1Cl. The summed E-state index contributed by atoms with van der Waals surface area (Å²) in [6, 6.07) is 5.14. The van der Waals surface area contributed by atoms with Gasteiger partial charge in [0.15, 0.2) is 0 Å². The minimum Gasteiger partial charge on any atom is -0.495 e. The van der Waals surface area contributed by atoms with Crippen molar-refractivity contribution in [2.24, 2.45) is 0 Å². The predicted octanol–water partition coefficient (Wildman–Crippen LogP) is 2.06. The zero-order valence-corrected chi connectivity index (χ0v) is 12.2. The lowest BCUT2D eigenvalue weighted by atomic mass is 10.2. The van der Waals surface area contributed by atoms with Crippen LogP contribution in [0, 0.1) is 0 Å². The average Bonchev–Trinajstić information content (AvgIpc) is 2.92. The molecule has 2 N–H and O–H groups in total. The summed E-state index contributed by atoms with van der Waals surface area (Å²) in [6.45, 7) is 1.78. The highest BCUT2D eigenvalue weighted by Crippen LogP contribution is 2.27. The summed E-state index contributed by atoms with van der Waals surface area (Å²) in [6.07, 6.45) is 2.39. The van der Waals surface area contributed by atoms with Crippen LogP contribution < -0.4 is 15.4 Å². The van der Waals surface area contributed by atoms with Crippen molar-refractivity contribution in [2.75, 3.05) is 32.1 Å². The lowest BCUT2D eigenvalue weighted by Gasteiger charge is -2.11. The molecular formula is C14H19ClN2O3. The smallest absolute Gasteiger partial charge is 0.238 e. The maximum Gasteiger partial charge on any atom is 0.238 e. The highest BCUT2D eigenvalue weighted by Gasteiger charge is 2.15. The molecule has 0 radical (unpaired) electrons. The molecule has 2 rings (SSSR count). The van der Waals surface area contributed by atoms with Gasteiger partial charge in [0, 0.05) is 18.8 Å². The van der Waals surface area contributed by atoms with Gasteiger partial charge in [-0.1, -0.05) is 11.6 Å². The Bertz CT molecular complexity index is 462. The van der Waals surface area contributed by atoms with E-state index in [9.17, 15) is 4.79 Å². The lowest BCUT2D eigenvalue weighted by molar-refractivity contribution is -0.115. The van der Waals surface area contributed by atoms with Gasteiger partial charge in [0.05, 0.1) is 24.8 Å². The molecule has 1 unspecified atom stereocenters. The predicted molar refractivity (Wildman–Crippen MR) is 78.5 cm³/mol. The third-order valence-electron chi connectivity index (χ3n) is 3.12. The van der Waals surface area contributed by atoms with Gasteiger partial charge in [-0.3, -0.25) is 4.79 Å². The van der Waals surface area contributed by atoms with Crippen molar-refractivity contribution in [2.45, 2.75) is 18.9 Å². The number of anilines is 1. The van der Waals surface area contributed by atoms with Crippen molar-refractivity contribution in [1.29, 1.82) is 0 Å². The largest absolute Gasteiger partial charge is 0.495 e. The number of hydrogen-bond donors (Lipinski definition) is 2. The average molecular weight is 299 g/mol. The van der Waals surface area contributed by atoms with Gasteiger partial charge in [0.2, 0.25) is 5.91 Å². The van der Waals surface area contributed by atoms with E-state index in [1.54, 1.807) is 25.3 Å². The third-order valence-corrected chi connectivity index (χ3v) is 3.41. The van der Waals surface area contributed by atoms with Crippen molar-refractivity contribution in [1.82, 2.24) is 5.32 Å². The van der Waals surface area contributed by atoms with E-state index < -0.39 is 0 Å². The molecule has 1 heterocycles. The Morgan fingerprint density at radius 3 is 3.05 bits per heavy atom. The van der Waals surface area contributed by atoms with Gasteiger partial charge in [-0.15, -0.1) is 0 Å². The molecule has 0 bridgehead atoms. The van der Waals surface area contributed by atoms with Crippen molar-refractivity contribution in [3.8, 4) is 5.75 Å². The number of carbonyl (C=O) groups is 1. The first-order chi connectivity index (χ1) is 9.69. The van der Waals surface area contributed by atoms with E-state index in [0.29, 0.717) is 23.0 Å². The molecule has 0 aliphatic carbocycles. The third kappa shape index (κ3) is 4.37. The van der Waals surface area contributed by atoms with Crippen LogP contribution in [0.25, 0.3) is 0 Å². The number of hydrogen-bond acceptors (Lipinski definition) is 4. The summed E-state index contributed by atoms with van der Waals surface area (Å²) in [7, 11) is 1.55. The Morgan fingerprint density at radius 1 is 1.55 bits per heavy atom. The molecule has 1 aliphatic heterocycles. The normalized spacial score (nSPS) is 18.0. The quantitative estimate of drug-likeness (QED) is 0.844. The summed E-state index contributed by atoms with van der Waals surface area (Å²) < 4.78 is 10.5. The highest BCUT2D eigenvalue weighted by molar-refractivity contribution is 6.32. The Morgan fingerprint density at radius 2 is 2.40 bits per heavy atom. The number of methoxy groups -OCH3 is 1. The van der Waals surface area contributed by atoms with E-state index in [1.807, 2.05) is 0 Å². The zero-order valence-electron chi connectivity index (χ0n) is 11.4. The number of carbonyl (C=O) groups excluding carboxylic acids is 1. The van der Waals surface area contributed by atoms with Gasteiger partial charge in [-0.2, -0.15) is 0 Å². The van der Waals surface area contributed by atoms with Crippen LogP contribution in [-0.2, 0) is 9.53 Å². The minimum absolute atomic E-state index is 0.107. The van der Waals surface area contributed by atoms with Crippen LogP contribution in [0.2, 0.25) is 5.02 Å². The van der Waals surface area contributed by atoms with Gasteiger partial charge in [-0.05, 0) is 31.0 Å². The van der Waals surface area contributed by atoms with Gasteiger partial charge in [-0.25, -0.2) is 0 Å². The molecule has 0 spiro atoms. The fourth-order valence-electron chi connectivity index (χ4n) is 2.10. The first-order valence-electron chi connectivity index (χ1n) is 6.65. The molecule has 1 atom stereocenters. The van der Waals surface area contributed by atoms with Gasteiger partial charge < -0.3 is 20.1 Å². The molecule has 1 amide bonds. The van der Waals surface area contributed by atoms with Crippen LogP contribution >= 0.6 is 11.6 Å². The van der Waals surface area contributed by atoms with Crippen molar-refractivity contribution < 1.29 is 14.3 Å². The molecule has 5 nitrogen and oxygen atoms in total. The molecule has 1 fully saturated rings. The zero-order chi connectivity index (χ0) is 14.4. The fourth-order valence-corrected chi connectivity index (χ4v) is 2.36. The first kappa shape index (κ1) is 15.1. The molecular weight excluding hydrogens is 280 g/mol. The highest BCUT2D eigenvalue weighted by atomic mass is 35.5. The molecule has 110 valence electrons. The fraction of sp³-hybridized carbons (Fsp3) is 0.500. The summed E-state index contributed by atoms with van der Waals surface area (Å²) >= 11 is 5.99. The number of amides is 1. The standard InChI is InChI=1S/C14H19ClN2O3/c1-19-13-5-4-10(7-12(13)15)17-14(18)9-16-8-11-3-2-6-20-11/h4-5,7,11,16H,2-3,6,8-9H2,1H3,(H,17,18). The Hall–Kier alpha value is -1.30. The summed E-state index contributed by atoms with van der Waals surface area (Å²) in [4.78, 5) is 11.8. The molecule has 20 heavy (non-hydrogen) atoms. The van der Waals surface area contributed by atoms with Crippen LogP contribution in [0.4, 0.5) is 5.69 Å². The number of benzene rings is 1. The van der Waals surface area contributed by atoms with Crippen LogP contribution in [0.5, 0.6) is 5.75 Å². The Kier molecular flexibility index (Phi) is 5.64. The molecule has 1 saturated heterocycles. The molecule has 0 aromatic heterocycles.